The molecule has 0 aliphatic heterocycles. The number of carbonyl (C=O) groups is 2. The van der Waals surface area contributed by atoms with Gasteiger partial charge in [0, 0.05) is 23.0 Å². The molecule has 0 aliphatic carbocycles. The third kappa shape index (κ3) is 9.29. The lowest BCUT2D eigenvalue weighted by Gasteiger charge is -2.42. The number of carboxylic acid groups (broad SMARTS) is 2. The van der Waals surface area contributed by atoms with Crippen LogP contribution in [-0.4, -0.2) is 30.5 Å². The van der Waals surface area contributed by atoms with Crippen molar-refractivity contribution in [2.75, 3.05) is 0 Å². The van der Waals surface area contributed by atoms with Crippen LogP contribution in [0.15, 0.2) is 75.6 Å². The standard InChI is InChI=1S/C21H20O4.C18H32O4Si/c1-14(2)20-17(12-19(25-20)21(22)23)13-24-18-10-8-16(9-11-18)15-6-4-3-5-7-15;1-11(2)17-15(9-16(22-17)18(19)20)10-21-23(12(3)4,13(5)6)14(7)8/h3-12,14H,13H2,1-2H3,(H,22,23);9,11-14H,10H2,1-8H3,(H,19,20). The van der Waals surface area contributed by atoms with Crippen LogP contribution in [0.25, 0.3) is 11.1 Å². The summed E-state index contributed by atoms with van der Waals surface area (Å²) in [5.74, 6) is 0.174. The molecule has 0 unspecified atom stereocenters. The van der Waals surface area contributed by atoms with Crippen LogP contribution in [0, 0.1) is 0 Å². The highest BCUT2D eigenvalue weighted by atomic mass is 28.4. The first kappa shape index (κ1) is 38.4. The van der Waals surface area contributed by atoms with E-state index >= 15 is 0 Å². The Kier molecular flexibility index (Phi) is 13.5. The minimum absolute atomic E-state index is 0.00166. The van der Waals surface area contributed by atoms with Crippen molar-refractivity contribution in [3.63, 3.8) is 0 Å². The zero-order valence-electron chi connectivity index (χ0n) is 30.0. The quantitative estimate of drug-likeness (QED) is 0.127. The van der Waals surface area contributed by atoms with Crippen molar-refractivity contribution in [2.24, 2.45) is 0 Å². The second-order valence-electron chi connectivity index (χ2n) is 13.7. The number of ether oxygens (including phenoxy) is 1. The number of rotatable bonds is 14. The Hall–Kier alpha value is -4.08. The maximum absolute atomic E-state index is 11.2. The van der Waals surface area contributed by atoms with Crippen LogP contribution < -0.4 is 4.74 Å². The molecule has 0 bridgehead atoms. The van der Waals surface area contributed by atoms with Crippen LogP contribution in [0.3, 0.4) is 0 Å². The minimum atomic E-state index is -1.98. The monoisotopic (exact) mass is 676 g/mol. The number of hydrogen-bond donors (Lipinski definition) is 2. The molecule has 2 heterocycles. The normalized spacial score (nSPS) is 11.8. The van der Waals surface area contributed by atoms with Gasteiger partial charge in [-0.15, -0.1) is 0 Å². The largest absolute Gasteiger partial charge is 0.489 e. The lowest BCUT2D eigenvalue weighted by Crippen LogP contribution is -2.47. The predicted molar refractivity (Wildman–Crippen MR) is 192 cm³/mol. The van der Waals surface area contributed by atoms with E-state index in [9.17, 15) is 14.7 Å². The summed E-state index contributed by atoms with van der Waals surface area (Å²) >= 11 is 0. The molecule has 260 valence electrons. The summed E-state index contributed by atoms with van der Waals surface area (Å²) in [5.41, 5.74) is 5.39. The van der Waals surface area contributed by atoms with Crippen LogP contribution in [0.2, 0.25) is 16.6 Å². The summed E-state index contributed by atoms with van der Waals surface area (Å²) in [6.45, 7) is 22.1. The van der Waals surface area contributed by atoms with E-state index < -0.39 is 20.3 Å². The Labute approximate surface area is 286 Å². The summed E-state index contributed by atoms with van der Waals surface area (Å²) in [6.07, 6.45) is 0. The molecule has 8 nitrogen and oxygen atoms in total. The van der Waals surface area contributed by atoms with E-state index in [1.54, 1.807) is 6.07 Å². The van der Waals surface area contributed by atoms with Gasteiger partial charge in [-0.05, 0) is 52.0 Å². The lowest BCUT2D eigenvalue weighted by molar-refractivity contribution is 0.0650. The van der Waals surface area contributed by atoms with E-state index in [0.717, 1.165) is 33.8 Å². The number of benzene rings is 2. The van der Waals surface area contributed by atoms with Crippen molar-refractivity contribution in [3.05, 3.63) is 101 Å². The van der Waals surface area contributed by atoms with E-state index in [-0.39, 0.29) is 30.0 Å². The van der Waals surface area contributed by atoms with Crippen molar-refractivity contribution in [2.45, 2.75) is 111 Å². The van der Waals surface area contributed by atoms with Gasteiger partial charge >= 0.3 is 11.9 Å². The van der Waals surface area contributed by atoms with E-state index in [0.29, 0.717) is 29.0 Å². The molecule has 2 N–H and O–H groups in total. The van der Waals surface area contributed by atoms with E-state index in [1.165, 1.54) is 6.07 Å². The first-order valence-electron chi connectivity index (χ1n) is 16.7. The smallest absolute Gasteiger partial charge is 0.371 e. The maximum Gasteiger partial charge on any atom is 0.371 e. The fourth-order valence-corrected chi connectivity index (χ4v) is 11.9. The second-order valence-corrected chi connectivity index (χ2v) is 19.2. The van der Waals surface area contributed by atoms with Gasteiger partial charge in [0.15, 0.2) is 0 Å². The summed E-state index contributed by atoms with van der Waals surface area (Å²) in [6, 6.07) is 21.1. The SMILES string of the molecule is CC(C)c1oc(C(=O)O)cc1CO[Si](C(C)C)(C(C)C)C(C)C.CC(C)c1oc(C(=O)O)cc1COc1ccc(-c2ccccc2)cc1. The molecule has 9 heteroatoms. The molecular formula is C39H52O8Si. The average molecular weight is 677 g/mol. The van der Waals surface area contributed by atoms with E-state index in [1.807, 2.05) is 70.2 Å². The molecule has 2 aromatic carbocycles. The van der Waals surface area contributed by atoms with Gasteiger partial charge in [0.1, 0.15) is 23.9 Å². The van der Waals surface area contributed by atoms with Crippen LogP contribution in [0.5, 0.6) is 5.75 Å². The Morgan fingerprint density at radius 1 is 0.625 bits per heavy atom. The lowest BCUT2D eigenvalue weighted by atomic mass is 10.1. The minimum Gasteiger partial charge on any atom is -0.489 e. The van der Waals surface area contributed by atoms with Crippen molar-refractivity contribution < 1.29 is 37.8 Å². The number of furan rings is 2. The molecule has 0 aliphatic rings. The molecule has 0 saturated heterocycles. The zero-order valence-corrected chi connectivity index (χ0v) is 31.0. The second kappa shape index (κ2) is 16.8. The molecule has 0 amide bonds. The van der Waals surface area contributed by atoms with Crippen molar-refractivity contribution >= 4 is 20.3 Å². The fourth-order valence-electron chi connectivity index (χ4n) is 6.54. The topological polar surface area (TPSA) is 119 Å². The Bertz CT molecular complexity index is 1590. The van der Waals surface area contributed by atoms with Crippen LogP contribution in [0.1, 0.15) is 125 Å². The van der Waals surface area contributed by atoms with Gasteiger partial charge in [-0.1, -0.05) is 112 Å². The molecule has 0 saturated carbocycles. The van der Waals surface area contributed by atoms with Gasteiger partial charge in [-0.2, -0.15) is 0 Å². The van der Waals surface area contributed by atoms with Crippen LogP contribution in [-0.2, 0) is 17.6 Å². The van der Waals surface area contributed by atoms with Gasteiger partial charge in [0.2, 0.25) is 19.8 Å². The van der Waals surface area contributed by atoms with Crippen LogP contribution >= 0.6 is 0 Å². The summed E-state index contributed by atoms with van der Waals surface area (Å²) in [7, 11) is -1.98. The van der Waals surface area contributed by atoms with Crippen molar-refractivity contribution in [3.8, 4) is 16.9 Å². The molecule has 0 spiro atoms. The zero-order chi connectivity index (χ0) is 35.8. The highest BCUT2D eigenvalue weighted by molar-refractivity contribution is 6.77. The van der Waals surface area contributed by atoms with Gasteiger partial charge in [-0.25, -0.2) is 9.59 Å². The first-order chi connectivity index (χ1) is 22.6. The van der Waals surface area contributed by atoms with Gasteiger partial charge in [0.25, 0.3) is 0 Å². The Morgan fingerprint density at radius 3 is 1.44 bits per heavy atom. The van der Waals surface area contributed by atoms with Crippen LogP contribution in [0.4, 0.5) is 0 Å². The van der Waals surface area contributed by atoms with Gasteiger partial charge < -0.3 is 28.2 Å². The van der Waals surface area contributed by atoms with E-state index in [4.69, 9.17) is 23.1 Å². The maximum atomic E-state index is 11.2. The van der Waals surface area contributed by atoms with E-state index in [2.05, 4.69) is 53.7 Å². The molecule has 2 aromatic heterocycles. The molecule has 4 aromatic rings. The highest BCUT2D eigenvalue weighted by Gasteiger charge is 2.45. The van der Waals surface area contributed by atoms with Crippen molar-refractivity contribution in [1.82, 2.24) is 0 Å². The third-order valence-corrected chi connectivity index (χ3v) is 14.8. The highest BCUT2D eigenvalue weighted by Crippen LogP contribution is 2.43. The van der Waals surface area contributed by atoms with Crippen molar-refractivity contribution in [1.29, 1.82) is 0 Å². The third-order valence-electron chi connectivity index (χ3n) is 8.69. The average Bonchev–Trinajstić information content (AvgIpc) is 3.67. The molecule has 4 rings (SSSR count). The molecule has 48 heavy (non-hydrogen) atoms. The fraction of sp³-hybridized carbons (Fsp3) is 0.436. The Balaban J connectivity index is 0.000000262. The Morgan fingerprint density at radius 2 is 1.04 bits per heavy atom. The summed E-state index contributed by atoms with van der Waals surface area (Å²) in [4.78, 5) is 22.3. The molecule has 0 fully saturated rings. The van der Waals surface area contributed by atoms with Gasteiger partial charge in [-0.3, -0.25) is 0 Å². The number of aromatic carboxylic acids is 2. The number of hydrogen-bond acceptors (Lipinski definition) is 6. The number of carboxylic acids is 2. The molecular weight excluding hydrogens is 625 g/mol. The summed E-state index contributed by atoms with van der Waals surface area (Å²) < 4.78 is 23.3. The van der Waals surface area contributed by atoms with Gasteiger partial charge in [0.05, 0.1) is 6.61 Å². The molecule has 0 radical (unpaired) electrons. The predicted octanol–water partition coefficient (Wildman–Crippen LogP) is 11.1. The first-order valence-corrected chi connectivity index (χ1v) is 18.9. The summed E-state index contributed by atoms with van der Waals surface area (Å²) in [5, 5.41) is 18.3. The molecule has 0 atom stereocenters.